The molecule has 10 heteroatoms. The number of likely N-dealkylation sites (tertiary alicyclic amines) is 1. The molecule has 1 amide bonds. The van der Waals surface area contributed by atoms with Crippen molar-refractivity contribution in [3.8, 4) is 0 Å². The van der Waals surface area contributed by atoms with Crippen LogP contribution in [0.1, 0.15) is 47.1 Å². The Kier molecular flexibility index (Phi) is 6.98. The van der Waals surface area contributed by atoms with Gasteiger partial charge in [0, 0.05) is 6.42 Å². The summed E-state index contributed by atoms with van der Waals surface area (Å²) in [6, 6.07) is 2.87. The number of carbonyl (C=O) groups is 1. The zero-order valence-electron chi connectivity index (χ0n) is 17.8. The predicted octanol–water partition coefficient (Wildman–Crippen LogP) is 5.18. The van der Waals surface area contributed by atoms with Crippen molar-refractivity contribution in [3.63, 3.8) is 0 Å². The van der Waals surface area contributed by atoms with Gasteiger partial charge in [0.1, 0.15) is 28.1 Å². The van der Waals surface area contributed by atoms with Crippen LogP contribution in [0.25, 0.3) is 0 Å². The Balaban J connectivity index is 2.54. The van der Waals surface area contributed by atoms with E-state index in [1.807, 2.05) is 0 Å². The zero-order chi connectivity index (χ0) is 23.1. The van der Waals surface area contributed by atoms with Crippen LogP contribution < -0.4 is 0 Å². The lowest BCUT2D eigenvalue weighted by molar-refractivity contribution is 0.00812. The molecule has 1 aromatic carbocycles. The number of halogens is 4. The maximum atomic E-state index is 14.9. The van der Waals surface area contributed by atoms with Crippen LogP contribution in [0, 0.1) is 5.82 Å². The third kappa shape index (κ3) is 5.75. The van der Waals surface area contributed by atoms with Gasteiger partial charge in [0.15, 0.2) is 0 Å². The van der Waals surface area contributed by atoms with Gasteiger partial charge in [-0.1, -0.05) is 23.7 Å². The summed E-state index contributed by atoms with van der Waals surface area (Å²) in [5.74, 6) is -4.31. The second kappa shape index (κ2) is 8.49. The quantitative estimate of drug-likeness (QED) is 0.616. The zero-order valence-corrected chi connectivity index (χ0v) is 19.3. The van der Waals surface area contributed by atoms with E-state index in [2.05, 4.69) is 4.40 Å². The average Bonchev–Trinajstić information content (AvgIpc) is 2.81. The summed E-state index contributed by atoms with van der Waals surface area (Å²) in [5, 5.41) is -0.169. The van der Waals surface area contributed by atoms with Crippen molar-refractivity contribution in [1.29, 1.82) is 0 Å². The number of rotatable bonds is 3. The van der Waals surface area contributed by atoms with Gasteiger partial charge in [-0.15, -0.1) is 0 Å². The third-order valence-corrected chi connectivity index (χ3v) is 5.92. The third-order valence-electron chi connectivity index (χ3n) is 4.21. The summed E-state index contributed by atoms with van der Waals surface area (Å²) >= 11 is 5.81. The molecule has 30 heavy (non-hydrogen) atoms. The van der Waals surface area contributed by atoms with Crippen molar-refractivity contribution < 1.29 is 26.9 Å². The smallest absolute Gasteiger partial charge is 0.411 e. The van der Waals surface area contributed by atoms with E-state index in [0.717, 1.165) is 4.90 Å². The molecule has 0 saturated carbocycles. The maximum absolute atomic E-state index is 14.9. The van der Waals surface area contributed by atoms with Crippen molar-refractivity contribution in [2.75, 3.05) is 6.54 Å². The second-order valence-electron chi connectivity index (χ2n) is 9.08. The first kappa shape index (κ1) is 24.7. The lowest BCUT2D eigenvalue weighted by atomic mass is 10.0. The number of benzene rings is 1. The fourth-order valence-electron chi connectivity index (χ4n) is 2.78. The first-order chi connectivity index (χ1) is 13.5. The Hall–Kier alpha value is -1.61. The highest BCUT2D eigenvalue weighted by atomic mass is 35.5. The number of hydrogen-bond acceptors (Lipinski definition) is 3. The van der Waals surface area contributed by atoms with Crippen LogP contribution in [-0.2, 0) is 22.1 Å². The van der Waals surface area contributed by atoms with Crippen molar-refractivity contribution in [2.45, 2.75) is 70.3 Å². The molecule has 2 unspecified atom stereocenters. The van der Waals surface area contributed by atoms with E-state index in [9.17, 15) is 22.2 Å². The molecule has 0 spiro atoms. The van der Waals surface area contributed by atoms with E-state index in [1.54, 1.807) is 41.5 Å². The Bertz CT molecular complexity index is 879. The maximum Gasteiger partial charge on any atom is 0.411 e. The molecule has 0 bridgehead atoms. The number of ether oxygens (including phenoxy) is 1. The van der Waals surface area contributed by atoms with E-state index in [-0.39, 0.29) is 17.0 Å². The monoisotopic (exact) mass is 466 g/mol. The molecule has 1 fully saturated rings. The van der Waals surface area contributed by atoms with Crippen molar-refractivity contribution in [3.05, 3.63) is 34.6 Å². The molecule has 168 valence electrons. The van der Waals surface area contributed by atoms with Gasteiger partial charge in [-0.25, -0.2) is 13.4 Å². The average molecular weight is 467 g/mol. The van der Waals surface area contributed by atoms with Crippen LogP contribution in [0.15, 0.2) is 22.6 Å². The lowest BCUT2D eigenvalue weighted by Gasteiger charge is -2.28. The lowest BCUT2D eigenvalue weighted by Crippen LogP contribution is -2.43. The Morgan fingerprint density at radius 1 is 1.30 bits per heavy atom. The Labute approximate surface area is 182 Å². The number of hydrogen-bond donors (Lipinski definition) is 0. The van der Waals surface area contributed by atoms with E-state index in [0.29, 0.717) is 0 Å². The highest BCUT2D eigenvalue weighted by Gasteiger charge is 2.55. The summed E-state index contributed by atoms with van der Waals surface area (Å²) in [5.41, 5.74) is -1.62. The molecule has 0 radical (unpaired) electrons. The fraction of sp³-hybridized carbons (Fsp3) is 0.600. The van der Waals surface area contributed by atoms with Gasteiger partial charge in [0.25, 0.3) is 0 Å². The van der Waals surface area contributed by atoms with Crippen LogP contribution in [0.4, 0.5) is 18.0 Å². The predicted molar refractivity (Wildman–Crippen MR) is 112 cm³/mol. The van der Waals surface area contributed by atoms with E-state index in [1.165, 1.54) is 18.2 Å². The Morgan fingerprint density at radius 2 is 1.90 bits per heavy atom. The molecule has 1 aliphatic heterocycles. The first-order valence-corrected chi connectivity index (χ1v) is 10.8. The second-order valence-corrected chi connectivity index (χ2v) is 11.4. The Morgan fingerprint density at radius 3 is 2.43 bits per heavy atom. The number of amides is 1. The minimum atomic E-state index is -3.54. The highest BCUT2D eigenvalue weighted by Crippen LogP contribution is 2.35. The summed E-state index contributed by atoms with van der Waals surface area (Å²) in [7, 11) is -2.00. The summed E-state index contributed by atoms with van der Waals surface area (Å²) in [6.07, 6.45) is -1.30. The minimum Gasteiger partial charge on any atom is -0.444 e. The summed E-state index contributed by atoms with van der Waals surface area (Å²) in [4.78, 5) is 13.5. The van der Waals surface area contributed by atoms with E-state index in [4.69, 9.17) is 16.3 Å². The molecule has 0 N–H and O–H groups in total. The molecule has 1 heterocycles. The number of carbonyl (C=O) groups excluding carboxylic acids is 1. The molecule has 2 rings (SSSR count). The van der Waals surface area contributed by atoms with E-state index < -0.39 is 57.5 Å². The van der Waals surface area contributed by atoms with Crippen LogP contribution in [0.5, 0.6) is 0 Å². The van der Waals surface area contributed by atoms with Gasteiger partial charge in [-0.3, -0.25) is 4.90 Å². The molecule has 2 atom stereocenters. The van der Waals surface area contributed by atoms with Gasteiger partial charge < -0.3 is 4.74 Å². The molecule has 1 saturated heterocycles. The van der Waals surface area contributed by atoms with Crippen molar-refractivity contribution >= 4 is 34.4 Å². The topological polar surface area (TPSA) is 59.0 Å². The van der Waals surface area contributed by atoms with Crippen LogP contribution >= 0.6 is 11.6 Å². The van der Waals surface area contributed by atoms with Gasteiger partial charge in [0.2, 0.25) is 0 Å². The largest absolute Gasteiger partial charge is 0.444 e. The first-order valence-electron chi connectivity index (χ1n) is 9.34. The summed E-state index contributed by atoms with van der Waals surface area (Å²) < 4.78 is 64.9. The molecule has 5 nitrogen and oxygen atoms in total. The fourth-order valence-corrected chi connectivity index (χ4v) is 3.69. The van der Waals surface area contributed by atoms with Gasteiger partial charge in [0.05, 0.1) is 22.4 Å². The standard InChI is InChI=1S/C20H26ClF3N2O3S/c1-18(2,3)29-17(27)26-11-20(23,24)16(25-30(28)19(4,5)6)14(26)10-12-8-7-9-13(21)15(12)22/h7-9,14H,10-11H2,1-6H3. The molecular formula is C20H26ClF3N2O3S. The van der Waals surface area contributed by atoms with E-state index >= 15 is 0 Å². The van der Waals surface area contributed by atoms with Gasteiger partial charge in [-0.05, 0) is 53.2 Å². The highest BCUT2D eigenvalue weighted by molar-refractivity contribution is 7.85. The van der Waals surface area contributed by atoms with Crippen LogP contribution in [-0.4, -0.2) is 49.8 Å². The van der Waals surface area contributed by atoms with Crippen molar-refractivity contribution in [1.82, 2.24) is 4.90 Å². The SMILES string of the molecule is CC(C)(C)OC(=O)N1CC(F)(F)C(=NS(=O)C(C)(C)C)C1Cc1cccc(Cl)c1F. The van der Waals surface area contributed by atoms with Crippen LogP contribution in [0.3, 0.4) is 0 Å². The van der Waals surface area contributed by atoms with Gasteiger partial charge >= 0.3 is 12.0 Å². The molecule has 0 aliphatic carbocycles. The molecule has 0 aromatic heterocycles. The van der Waals surface area contributed by atoms with Crippen molar-refractivity contribution in [2.24, 2.45) is 4.40 Å². The molecule has 1 aliphatic rings. The number of nitrogens with zero attached hydrogens (tertiary/aromatic N) is 2. The molecular weight excluding hydrogens is 441 g/mol. The normalized spacial score (nSPS) is 21.7. The van der Waals surface area contributed by atoms with Gasteiger partial charge in [-0.2, -0.15) is 13.2 Å². The minimum absolute atomic E-state index is 0.0352. The molecule has 1 aromatic rings. The number of alkyl halides is 2. The summed E-state index contributed by atoms with van der Waals surface area (Å²) in [6.45, 7) is 8.60. The van der Waals surface area contributed by atoms with Crippen LogP contribution in [0.2, 0.25) is 5.02 Å².